The van der Waals surface area contributed by atoms with Gasteiger partial charge in [-0.15, -0.1) is 5.10 Å². The Morgan fingerprint density at radius 3 is 2.58 bits per heavy atom. The molecule has 0 spiro atoms. The number of benzene rings is 3. The maximum Gasteiger partial charge on any atom is 0.258 e. The van der Waals surface area contributed by atoms with E-state index in [-0.39, 0.29) is 5.91 Å². The molecule has 152 valence electrons. The molecule has 0 unspecified atom stereocenters. The largest absolute Gasteiger partial charge is 0.354 e. The second-order valence-electron chi connectivity index (χ2n) is 7.18. The van der Waals surface area contributed by atoms with Crippen molar-refractivity contribution in [2.24, 2.45) is 0 Å². The maximum atomic E-state index is 13.7. The third-order valence-corrected chi connectivity index (χ3v) is 5.08. The molecule has 0 bridgehead atoms. The third kappa shape index (κ3) is 3.81. The second-order valence-corrected chi connectivity index (χ2v) is 7.18. The van der Waals surface area contributed by atoms with Crippen LogP contribution in [0.25, 0.3) is 11.3 Å². The van der Waals surface area contributed by atoms with Gasteiger partial charge in [-0.3, -0.25) is 4.79 Å². The van der Waals surface area contributed by atoms with Crippen molar-refractivity contribution in [3.8, 4) is 0 Å². The second kappa shape index (κ2) is 7.87. The molecule has 1 aliphatic heterocycles. The molecule has 2 heterocycles. The number of nitrogens with one attached hydrogen (secondary N) is 2. The zero-order chi connectivity index (χ0) is 21.2. The van der Waals surface area contributed by atoms with Crippen molar-refractivity contribution >= 4 is 28.6 Å². The van der Waals surface area contributed by atoms with E-state index in [4.69, 9.17) is 0 Å². The Morgan fingerprint density at radius 2 is 1.84 bits per heavy atom. The van der Waals surface area contributed by atoms with Gasteiger partial charge in [0.05, 0.1) is 29.7 Å². The van der Waals surface area contributed by atoms with Crippen LogP contribution < -0.4 is 10.6 Å². The molecule has 3 aromatic carbocycles. The fourth-order valence-corrected chi connectivity index (χ4v) is 3.62. The zero-order valence-electron chi connectivity index (χ0n) is 16.4. The van der Waals surface area contributed by atoms with Gasteiger partial charge in [-0.25, -0.2) is 9.07 Å². The summed E-state index contributed by atoms with van der Waals surface area (Å²) in [7, 11) is 0. The van der Waals surface area contributed by atoms with Crippen molar-refractivity contribution in [3.63, 3.8) is 0 Å². The predicted molar refractivity (Wildman–Crippen MR) is 117 cm³/mol. The Bertz CT molecular complexity index is 1270. The normalized spacial score (nSPS) is 14.2. The summed E-state index contributed by atoms with van der Waals surface area (Å²) >= 11 is 0. The summed E-state index contributed by atoms with van der Waals surface area (Å²) in [4.78, 5) is 12.8. The molecule has 1 aliphatic rings. The summed E-state index contributed by atoms with van der Waals surface area (Å²) in [6.45, 7) is 0.619. The van der Waals surface area contributed by atoms with Gasteiger partial charge in [0, 0.05) is 17.4 Å². The van der Waals surface area contributed by atoms with E-state index in [2.05, 4.69) is 20.9 Å². The first kappa shape index (κ1) is 18.7. The average Bonchev–Trinajstić information content (AvgIpc) is 3.40. The number of carbonyl (C=O) groups is 1. The fourth-order valence-electron chi connectivity index (χ4n) is 3.62. The molecule has 0 fully saturated rings. The van der Waals surface area contributed by atoms with Gasteiger partial charge in [0.1, 0.15) is 5.82 Å². The van der Waals surface area contributed by atoms with Gasteiger partial charge in [0.15, 0.2) is 0 Å². The minimum absolute atomic E-state index is 0.269. The highest BCUT2D eigenvalue weighted by atomic mass is 19.1. The van der Waals surface area contributed by atoms with Crippen molar-refractivity contribution in [1.29, 1.82) is 0 Å². The molecule has 0 saturated carbocycles. The van der Waals surface area contributed by atoms with Crippen LogP contribution in [0, 0.1) is 5.82 Å². The van der Waals surface area contributed by atoms with Crippen LogP contribution in [0.4, 0.5) is 15.8 Å². The van der Waals surface area contributed by atoms with Crippen LogP contribution in [0.15, 0.2) is 85.2 Å². The van der Waals surface area contributed by atoms with Crippen molar-refractivity contribution in [2.45, 2.75) is 6.54 Å². The molecule has 31 heavy (non-hydrogen) atoms. The van der Waals surface area contributed by atoms with E-state index >= 15 is 0 Å². The number of aromatic nitrogens is 3. The van der Waals surface area contributed by atoms with Crippen LogP contribution in [0.3, 0.4) is 0 Å². The number of halogens is 1. The topological polar surface area (TPSA) is 71.8 Å². The molecule has 0 radical (unpaired) electrons. The van der Waals surface area contributed by atoms with E-state index in [0.29, 0.717) is 29.1 Å². The van der Waals surface area contributed by atoms with Gasteiger partial charge in [-0.2, -0.15) is 0 Å². The average molecular weight is 411 g/mol. The van der Waals surface area contributed by atoms with Crippen LogP contribution in [0.1, 0.15) is 16.7 Å². The standard InChI is InChI=1S/C24H18FN5O/c25-18-8-11-20-21(14-18)28-24(31)22(20)23(17-4-2-1-3-5-17)27-19-9-6-16(7-10-19)15-30-13-12-26-29-30/h1-14,27H,15H2,(H,28,31)/b23-22-. The van der Waals surface area contributed by atoms with E-state index in [0.717, 1.165) is 16.8 Å². The number of anilines is 2. The molecular formula is C24H18FN5O. The Kier molecular flexibility index (Phi) is 4.76. The number of hydrogen-bond donors (Lipinski definition) is 2. The lowest BCUT2D eigenvalue weighted by Gasteiger charge is -2.15. The number of nitrogens with zero attached hydrogens (tertiary/aromatic N) is 3. The predicted octanol–water partition coefficient (Wildman–Crippen LogP) is 4.40. The summed E-state index contributed by atoms with van der Waals surface area (Å²) in [5, 5.41) is 14.0. The molecule has 2 N–H and O–H groups in total. The van der Waals surface area contributed by atoms with Crippen LogP contribution in [0.5, 0.6) is 0 Å². The Labute approximate surface area is 178 Å². The first-order valence-corrected chi connectivity index (χ1v) is 9.78. The monoisotopic (exact) mass is 411 g/mol. The van der Waals surface area contributed by atoms with Crippen molar-refractivity contribution in [1.82, 2.24) is 15.0 Å². The SMILES string of the molecule is O=C1Nc2cc(F)ccc2/C1=C(/Nc1ccc(Cn2ccnn2)cc1)c1ccccc1. The van der Waals surface area contributed by atoms with Crippen LogP contribution in [-0.4, -0.2) is 20.9 Å². The van der Waals surface area contributed by atoms with E-state index < -0.39 is 5.82 Å². The van der Waals surface area contributed by atoms with Crippen molar-refractivity contribution in [2.75, 3.05) is 10.6 Å². The quantitative estimate of drug-likeness (QED) is 0.478. The molecule has 7 heteroatoms. The fraction of sp³-hybridized carbons (Fsp3) is 0.0417. The molecule has 1 amide bonds. The highest BCUT2D eigenvalue weighted by molar-refractivity contribution is 6.37. The summed E-state index contributed by atoms with van der Waals surface area (Å²) < 4.78 is 15.4. The first-order chi connectivity index (χ1) is 15.2. The van der Waals surface area contributed by atoms with E-state index in [1.807, 2.05) is 60.8 Å². The highest BCUT2D eigenvalue weighted by Crippen LogP contribution is 2.37. The van der Waals surface area contributed by atoms with Gasteiger partial charge in [-0.1, -0.05) is 47.7 Å². The lowest BCUT2D eigenvalue weighted by Crippen LogP contribution is -2.10. The Hall–Kier alpha value is -4.26. The minimum Gasteiger partial charge on any atom is -0.354 e. The molecule has 1 aromatic heterocycles. The Balaban J connectivity index is 1.53. The summed E-state index contributed by atoms with van der Waals surface area (Å²) in [6, 6.07) is 21.8. The third-order valence-electron chi connectivity index (χ3n) is 5.08. The number of amides is 1. The summed E-state index contributed by atoms with van der Waals surface area (Å²) in [6.07, 6.45) is 3.45. The molecule has 0 saturated heterocycles. The number of hydrogen-bond acceptors (Lipinski definition) is 4. The van der Waals surface area contributed by atoms with E-state index in [9.17, 15) is 9.18 Å². The lowest BCUT2D eigenvalue weighted by molar-refractivity contribution is -0.110. The van der Waals surface area contributed by atoms with Crippen molar-refractivity contribution < 1.29 is 9.18 Å². The van der Waals surface area contributed by atoms with Gasteiger partial charge < -0.3 is 10.6 Å². The summed E-state index contributed by atoms with van der Waals surface area (Å²) in [5.74, 6) is -0.660. The molecule has 6 nitrogen and oxygen atoms in total. The van der Waals surface area contributed by atoms with Crippen LogP contribution in [-0.2, 0) is 11.3 Å². The minimum atomic E-state index is -0.391. The Morgan fingerprint density at radius 1 is 1.03 bits per heavy atom. The number of carbonyl (C=O) groups excluding carboxylic acids is 1. The lowest BCUT2D eigenvalue weighted by atomic mass is 10.00. The molecule has 5 rings (SSSR count). The van der Waals surface area contributed by atoms with Crippen LogP contribution >= 0.6 is 0 Å². The molecule has 0 aliphatic carbocycles. The zero-order valence-corrected chi connectivity index (χ0v) is 16.4. The first-order valence-electron chi connectivity index (χ1n) is 9.78. The number of fused-ring (bicyclic) bond motifs is 1. The smallest absolute Gasteiger partial charge is 0.258 e. The maximum absolute atomic E-state index is 13.7. The van der Waals surface area contributed by atoms with Crippen molar-refractivity contribution in [3.05, 3.63) is 108 Å². The van der Waals surface area contributed by atoms with E-state index in [1.54, 1.807) is 16.9 Å². The van der Waals surface area contributed by atoms with Gasteiger partial charge >= 0.3 is 0 Å². The summed E-state index contributed by atoms with van der Waals surface area (Å²) in [5.41, 5.74) is 5.04. The molecule has 0 atom stereocenters. The van der Waals surface area contributed by atoms with Gasteiger partial charge in [0.2, 0.25) is 0 Å². The highest BCUT2D eigenvalue weighted by Gasteiger charge is 2.28. The molecular weight excluding hydrogens is 393 g/mol. The van der Waals surface area contributed by atoms with E-state index in [1.165, 1.54) is 12.1 Å². The molecule has 4 aromatic rings. The van der Waals surface area contributed by atoms with Gasteiger partial charge in [-0.05, 0) is 41.5 Å². The number of rotatable bonds is 5. The van der Waals surface area contributed by atoms with Crippen LogP contribution in [0.2, 0.25) is 0 Å². The van der Waals surface area contributed by atoms with Gasteiger partial charge in [0.25, 0.3) is 5.91 Å².